The highest BCUT2D eigenvalue weighted by atomic mass is 16.3. The Labute approximate surface area is 345 Å². The lowest BCUT2D eigenvalue weighted by Gasteiger charge is -2.23. The standard InChI is InChI=1S/C54H35N5O/c1-3-14-34(15-4-1)39-20-13-21-41(33-39)53-57-51(36-17-5-2-6-18-36)56-52(58-53)37-28-30-42(31-29-37)59-46-25-12-10-23-44(46)48-47-43-22-9-11-24-45(43)55-49(50(47)60-54(48)59)40-27-26-35-16-7-8-19-38(35)32-40/h1-33,52H,(H,56,57,58). The van der Waals surface area contributed by atoms with E-state index in [-0.39, 0.29) is 0 Å². The number of pyridine rings is 1. The number of aliphatic imine (C=N–C) groups is 2. The van der Waals surface area contributed by atoms with Gasteiger partial charge in [0, 0.05) is 38.5 Å². The first-order valence-electron chi connectivity index (χ1n) is 20.2. The molecule has 0 fully saturated rings. The lowest BCUT2D eigenvalue weighted by molar-refractivity contribution is 0.645. The third-order valence-corrected chi connectivity index (χ3v) is 11.6. The van der Waals surface area contributed by atoms with E-state index in [1.165, 1.54) is 5.39 Å². The van der Waals surface area contributed by atoms with E-state index in [1.54, 1.807) is 0 Å². The summed E-state index contributed by atoms with van der Waals surface area (Å²) in [6.45, 7) is 0. The lowest BCUT2D eigenvalue weighted by atomic mass is 10.0. The van der Waals surface area contributed by atoms with Crippen molar-refractivity contribution in [2.24, 2.45) is 9.98 Å². The predicted octanol–water partition coefficient (Wildman–Crippen LogP) is 13.1. The summed E-state index contributed by atoms with van der Waals surface area (Å²) in [7, 11) is 0. The summed E-state index contributed by atoms with van der Waals surface area (Å²) < 4.78 is 9.33. The predicted molar refractivity (Wildman–Crippen MR) is 246 cm³/mol. The zero-order valence-corrected chi connectivity index (χ0v) is 32.3. The Morgan fingerprint density at radius 3 is 1.93 bits per heavy atom. The maximum absolute atomic E-state index is 7.09. The van der Waals surface area contributed by atoms with Gasteiger partial charge in [-0.25, -0.2) is 15.0 Å². The molecule has 282 valence electrons. The van der Waals surface area contributed by atoms with Gasteiger partial charge in [-0.2, -0.15) is 0 Å². The Hall–Kier alpha value is -8.09. The van der Waals surface area contributed by atoms with E-state index < -0.39 is 6.17 Å². The minimum absolute atomic E-state index is 0.458. The molecule has 11 aromatic rings. The van der Waals surface area contributed by atoms with Gasteiger partial charge in [0.2, 0.25) is 5.71 Å². The smallest absolute Gasteiger partial charge is 0.213 e. The van der Waals surface area contributed by atoms with Gasteiger partial charge >= 0.3 is 0 Å². The van der Waals surface area contributed by atoms with Gasteiger partial charge in [0.05, 0.1) is 16.4 Å². The zero-order valence-electron chi connectivity index (χ0n) is 32.3. The molecule has 0 saturated carbocycles. The summed E-state index contributed by atoms with van der Waals surface area (Å²) in [5, 5.41) is 10.3. The summed E-state index contributed by atoms with van der Waals surface area (Å²) in [6, 6.07) is 69.7. The first kappa shape index (κ1) is 34.0. The first-order valence-corrected chi connectivity index (χ1v) is 20.2. The van der Waals surface area contributed by atoms with Crippen molar-refractivity contribution in [1.29, 1.82) is 0 Å². The number of furan rings is 1. The molecule has 6 nitrogen and oxygen atoms in total. The maximum Gasteiger partial charge on any atom is 0.213 e. The molecule has 12 rings (SSSR count). The quantitative estimate of drug-likeness (QED) is 0.183. The van der Waals surface area contributed by atoms with Crippen molar-refractivity contribution in [3.05, 3.63) is 217 Å². The summed E-state index contributed by atoms with van der Waals surface area (Å²) in [5.41, 5.74) is 11.7. The average molecular weight is 770 g/mol. The fourth-order valence-corrected chi connectivity index (χ4v) is 8.74. The monoisotopic (exact) mass is 769 g/mol. The van der Waals surface area contributed by atoms with Gasteiger partial charge in [0.25, 0.3) is 0 Å². The topological polar surface area (TPSA) is 67.7 Å². The number of nitrogens with zero attached hydrogens (tertiary/aromatic N) is 4. The number of hydrogen-bond acceptors (Lipinski definition) is 5. The van der Waals surface area contributed by atoms with Gasteiger partial charge in [-0.1, -0.05) is 164 Å². The number of rotatable bonds is 6. The number of nitrogens with one attached hydrogen (secondary N) is 1. The molecule has 60 heavy (non-hydrogen) atoms. The fourth-order valence-electron chi connectivity index (χ4n) is 8.74. The second kappa shape index (κ2) is 13.8. The number of para-hydroxylation sites is 2. The van der Waals surface area contributed by atoms with Crippen molar-refractivity contribution >= 4 is 66.3 Å². The molecule has 0 radical (unpaired) electrons. The van der Waals surface area contributed by atoms with Crippen LogP contribution in [0.15, 0.2) is 215 Å². The van der Waals surface area contributed by atoms with Crippen LogP contribution in [0.25, 0.3) is 82.7 Å². The lowest BCUT2D eigenvalue weighted by Crippen LogP contribution is -2.36. The Bertz CT molecular complexity index is 3510. The van der Waals surface area contributed by atoms with E-state index in [1.807, 2.05) is 24.3 Å². The fraction of sp³-hybridized carbons (Fsp3) is 0.0185. The van der Waals surface area contributed by atoms with E-state index in [4.69, 9.17) is 19.4 Å². The summed E-state index contributed by atoms with van der Waals surface area (Å²) in [5.74, 6) is 1.56. The normalized spacial score (nSPS) is 14.2. The zero-order chi connectivity index (χ0) is 39.6. The van der Waals surface area contributed by atoms with Crippen molar-refractivity contribution in [1.82, 2.24) is 14.9 Å². The first-order chi connectivity index (χ1) is 29.7. The molecule has 4 heterocycles. The largest absolute Gasteiger partial charge is 0.437 e. The minimum atomic E-state index is -0.458. The van der Waals surface area contributed by atoms with Gasteiger partial charge in [-0.15, -0.1) is 0 Å². The number of fused-ring (bicyclic) bond motifs is 8. The molecule has 6 heteroatoms. The number of aromatic nitrogens is 2. The third-order valence-electron chi connectivity index (χ3n) is 11.6. The van der Waals surface area contributed by atoms with Crippen LogP contribution < -0.4 is 5.32 Å². The summed E-state index contributed by atoms with van der Waals surface area (Å²) in [6.07, 6.45) is -0.458. The Morgan fingerprint density at radius 2 is 1.12 bits per heavy atom. The van der Waals surface area contributed by atoms with Crippen LogP contribution in [0, 0.1) is 0 Å². The van der Waals surface area contributed by atoms with Crippen LogP contribution in [0.5, 0.6) is 0 Å². The third kappa shape index (κ3) is 5.61. The van der Waals surface area contributed by atoms with Crippen LogP contribution in [0.1, 0.15) is 22.9 Å². The molecule has 0 saturated heterocycles. The van der Waals surface area contributed by atoms with Gasteiger partial charge in [0.15, 0.2) is 11.7 Å². The van der Waals surface area contributed by atoms with Crippen molar-refractivity contribution < 1.29 is 4.42 Å². The molecule has 0 spiro atoms. The van der Waals surface area contributed by atoms with Crippen LogP contribution in [-0.2, 0) is 0 Å². The van der Waals surface area contributed by atoms with E-state index in [0.717, 1.165) is 106 Å². The van der Waals surface area contributed by atoms with Crippen molar-refractivity contribution in [2.75, 3.05) is 0 Å². The highest BCUT2D eigenvalue weighted by Crippen LogP contribution is 2.45. The van der Waals surface area contributed by atoms with Crippen LogP contribution in [0.4, 0.5) is 0 Å². The molecule has 1 aliphatic heterocycles. The molecule has 1 aliphatic rings. The Balaban J connectivity index is 1.01. The molecule has 8 aromatic carbocycles. The SMILES string of the molecule is c1ccc(C2=NC(c3ccc(-n4c5ccccc5c5c6c(oc54)c(-c4ccc5ccccc5c4)nc4ccccc46)cc3)N=C(c3cccc(-c4ccccc4)c3)N2)cc1. The number of benzene rings is 8. The Morgan fingerprint density at radius 1 is 0.467 bits per heavy atom. The maximum atomic E-state index is 7.09. The van der Waals surface area contributed by atoms with E-state index in [2.05, 4.69) is 186 Å². The molecule has 1 atom stereocenters. The van der Waals surface area contributed by atoms with Crippen LogP contribution >= 0.6 is 0 Å². The Kier molecular flexibility index (Phi) is 7.81. The van der Waals surface area contributed by atoms with Crippen molar-refractivity contribution in [3.8, 4) is 28.1 Å². The molecule has 0 bridgehead atoms. The molecule has 1 N–H and O–H groups in total. The second-order valence-corrected chi connectivity index (χ2v) is 15.2. The van der Waals surface area contributed by atoms with Gasteiger partial charge in [0.1, 0.15) is 17.4 Å². The van der Waals surface area contributed by atoms with E-state index >= 15 is 0 Å². The second-order valence-electron chi connectivity index (χ2n) is 15.2. The average Bonchev–Trinajstić information content (AvgIpc) is 3.87. The van der Waals surface area contributed by atoms with E-state index in [0.29, 0.717) is 0 Å². The van der Waals surface area contributed by atoms with Crippen molar-refractivity contribution in [3.63, 3.8) is 0 Å². The highest BCUT2D eigenvalue weighted by molar-refractivity contribution is 6.28. The molecule has 0 amide bonds. The van der Waals surface area contributed by atoms with Crippen LogP contribution in [0.2, 0.25) is 0 Å². The van der Waals surface area contributed by atoms with Gasteiger partial charge in [-0.3, -0.25) is 4.57 Å². The van der Waals surface area contributed by atoms with Crippen molar-refractivity contribution in [2.45, 2.75) is 6.17 Å². The molecular formula is C54H35N5O. The van der Waals surface area contributed by atoms with E-state index in [9.17, 15) is 0 Å². The van der Waals surface area contributed by atoms with Crippen LogP contribution in [-0.4, -0.2) is 21.2 Å². The molecule has 3 aromatic heterocycles. The number of hydrogen-bond donors (Lipinski definition) is 1. The summed E-state index contributed by atoms with van der Waals surface area (Å²) in [4.78, 5) is 15.6. The van der Waals surface area contributed by atoms with Gasteiger partial charge < -0.3 is 9.73 Å². The number of amidine groups is 2. The summed E-state index contributed by atoms with van der Waals surface area (Å²) >= 11 is 0. The highest BCUT2D eigenvalue weighted by Gasteiger charge is 2.25. The van der Waals surface area contributed by atoms with Gasteiger partial charge in [-0.05, 0) is 63.9 Å². The minimum Gasteiger partial charge on any atom is -0.437 e. The molecular weight excluding hydrogens is 735 g/mol. The molecule has 0 aliphatic carbocycles. The molecule has 1 unspecified atom stereocenters. The van der Waals surface area contributed by atoms with Crippen LogP contribution in [0.3, 0.4) is 0 Å².